The first-order valence-corrected chi connectivity index (χ1v) is 6.59. The summed E-state index contributed by atoms with van der Waals surface area (Å²) in [5.74, 6) is 6.28. The van der Waals surface area contributed by atoms with Crippen LogP contribution in [0.3, 0.4) is 0 Å². The molecule has 2 aromatic rings. The van der Waals surface area contributed by atoms with Crippen LogP contribution in [0.4, 0.5) is 0 Å². The molecule has 0 aromatic carbocycles. The zero-order valence-corrected chi connectivity index (χ0v) is 11.6. The summed E-state index contributed by atoms with van der Waals surface area (Å²) >= 11 is 1.69. The van der Waals surface area contributed by atoms with Crippen molar-refractivity contribution in [2.45, 2.75) is 33.2 Å². The highest BCUT2D eigenvalue weighted by Gasteiger charge is 2.16. The summed E-state index contributed by atoms with van der Waals surface area (Å²) in [7, 11) is 0. The number of thiazole rings is 1. The van der Waals surface area contributed by atoms with Crippen molar-refractivity contribution in [1.29, 1.82) is 0 Å². The van der Waals surface area contributed by atoms with Crippen LogP contribution in [-0.4, -0.2) is 15.0 Å². The van der Waals surface area contributed by atoms with Gasteiger partial charge in [-0.15, -0.1) is 11.3 Å². The van der Waals surface area contributed by atoms with Gasteiger partial charge in [0.05, 0.1) is 16.7 Å². The van der Waals surface area contributed by atoms with E-state index in [0.717, 1.165) is 16.3 Å². The first kappa shape index (κ1) is 13.1. The zero-order chi connectivity index (χ0) is 13.1. The third kappa shape index (κ3) is 2.90. The fourth-order valence-electron chi connectivity index (χ4n) is 1.61. The van der Waals surface area contributed by atoms with E-state index in [1.54, 1.807) is 23.7 Å². The molecule has 0 saturated heterocycles. The van der Waals surface area contributed by atoms with E-state index in [-0.39, 0.29) is 6.04 Å². The molecule has 18 heavy (non-hydrogen) atoms. The van der Waals surface area contributed by atoms with Gasteiger partial charge >= 0.3 is 0 Å². The molecule has 5 nitrogen and oxygen atoms in total. The second kappa shape index (κ2) is 5.51. The number of nitrogens with zero attached hydrogens (tertiary/aromatic N) is 3. The van der Waals surface area contributed by atoms with Crippen molar-refractivity contribution < 1.29 is 0 Å². The van der Waals surface area contributed by atoms with Crippen LogP contribution in [0, 0.1) is 20.8 Å². The number of nitrogens with one attached hydrogen (secondary N) is 1. The molecule has 1 atom stereocenters. The van der Waals surface area contributed by atoms with Crippen molar-refractivity contribution in [2.75, 3.05) is 0 Å². The molecular formula is C12H17N5S. The molecule has 0 spiro atoms. The van der Waals surface area contributed by atoms with Gasteiger partial charge < -0.3 is 0 Å². The summed E-state index contributed by atoms with van der Waals surface area (Å²) < 4.78 is 0. The molecule has 0 aliphatic heterocycles. The molecule has 0 aliphatic carbocycles. The van der Waals surface area contributed by atoms with E-state index in [1.165, 1.54) is 4.88 Å². The van der Waals surface area contributed by atoms with Crippen LogP contribution < -0.4 is 11.3 Å². The van der Waals surface area contributed by atoms with Crippen molar-refractivity contribution in [3.8, 4) is 0 Å². The Kier molecular flexibility index (Phi) is 4.00. The SMILES string of the molecule is Cc1cnc(C(Cc2nc(C)c(C)s2)NN)nc1. The lowest BCUT2D eigenvalue weighted by atomic mass is 10.2. The minimum atomic E-state index is -0.101. The standard InChI is InChI=1S/C12H17N5S/c1-7-5-14-12(15-6-7)10(17-13)4-11-16-8(2)9(3)18-11/h5-6,10,17H,4,13H2,1-3H3. The second-order valence-corrected chi connectivity index (χ2v) is 5.58. The lowest BCUT2D eigenvalue weighted by Crippen LogP contribution is -2.31. The zero-order valence-electron chi connectivity index (χ0n) is 10.8. The van der Waals surface area contributed by atoms with Crippen LogP contribution in [0.25, 0.3) is 0 Å². The average molecular weight is 263 g/mol. The normalized spacial score (nSPS) is 12.7. The van der Waals surface area contributed by atoms with Crippen molar-refractivity contribution >= 4 is 11.3 Å². The van der Waals surface area contributed by atoms with Gasteiger partial charge in [0, 0.05) is 23.7 Å². The van der Waals surface area contributed by atoms with E-state index in [0.29, 0.717) is 12.2 Å². The first-order valence-electron chi connectivity index (χ1n) is 5.77. The van der Waals surface area contributed by atoms with Gasteiger partial charge in [-0.05, 0) is 26.3 Å². The van der Waals surface area contributed by atoms with E-state index < -0.39 is 0 Å². The highest BCUT2D eigenvalue weighted by atomic mass is 32.1. The monoisotopic (exact) mass is 263 g/mol. The maximum absolute atomic E-state index is 5.58. The lowest BCUT2D eigenvalue weighted by molar-refractivity contribution is 0.521. The topological polar surface area (TPSA) is 76.7 Å². The quantitative estimate of drug-likeness (QED) is 0.647. The molecule has 3 N–H and O–H groups in total. The molecule has 0 saturated carbocycles. The fraction of sp³-hybridized carbons (Fsp3) is 0.417. The second-order valence-electron chi connectivity index (χ2n) is 4.29. The van der Waals surface area contributed by atoms with E-state index >= 15 is 0 Å². The van der Waals surface area contributed by atoms with Gasteiger partial charge in [0.1, 0.15) is 5.82 Å². The molecule has 0 bridgehead atoms. The minimum absolute atomic E-state index is 0.101. The number of hydrogen-bond acceptors (Lipinski definition) is 6. The summed E-state index contributed by atoms with van der Waals surface area (Å²) in [4.78, 5) is 14.3. The van der Waals surface area contributed by atoms with Gasteiger partial charge in [-0.1, -0.05) is 0 Å². The predicted octanol–water partition coefficient (Wildman–Crippen LogP) is 1.61. The van der Waals surface area contributed by atoms with Crippen LogP contribution in [0.2, 0.25) is 0 Å². The average Bonchev–Trinajstić information content (AvgIpc) is 2.67. The predicted molar refractivity (Wildman–Crippen MR) is 72.1 cm³/mol. The van der Waals surface area contributed by atoms with Crippen LogP contribution in [-0.2, 0) is 6.42 Å². The Hall–Kier alpha value is -1.37. The molecule has 0 radical (unpaired) electrons. The van der Waals surface area contributed by atoms with E-state index in [2.05, 4.69) is 27.3 Å². The van der Waals surface area contributed by atoms with Gasteiger partial charge in [0.15, 0.2) is 0 Å². The Morgan fingerprint density at radius 1 is 1.28 bits per heavy atom. The Bertz CT molecular complexity index is 500. The molecule has 96 valence electrons. The van der Waals surface area contributed by atoms with Crippen molar-refractivity contribution in [3.05, 3.63) is 39.4 Å². The van der Waals surface area contributed by atoms with E-state index in [9.17, 15) is 0 Å². The third-order valence-electron chi connectivity index (χ3n) is 2.77. The Morgan fingerprint density at radius 3 is 2.44 bits per heavy atom. The number of rotatable bonds is 4. The maximum atomic E-state index is 5.58. The van der Waals surface area contributed by atoms with Crippen LogP contribution >= 0.6 is 11.3 Å². The molecule has 2 rings (SSSR count). The Balaban J connectivity index is 2.16. The maximum Gasteiger partial charge on any atom is 0.146 e. The molecule has 6 heteroatoms. The van der Waals surface area contributed by atoms with E-state index in [1.807, 2.05) is 13.8 Å². The fourth-order valence-corrected chi connectivity index (χ4v) is 2.59. The van der Waals surface area contributed by atoms with Gasteiger partial charge in [-0.2, -0.15) is 0 Å². The Labute approximate surface area is 110 Å². The molecule has 2 aromatic heterocycles. The minimum Gasteiger partial charge on any atom is -0.271 e. The Morgan fingerprint density at radius 2 is 1.94 bits per heavy atom. The number of nitrogens with two attached hydrogens (primary N) is 1. The highest BCUT2D eigenvalue weighted by Crippen LogP contribution is 2.21. The molecule has 2 heterocycles. The van der Waals surface area contributed by atoms with Gasteiger partial charge in [-0.25, -0.2) is 20.4 Å². The molecule has 0 aliphatic rings. The lowest BCUT2D eigenvalue weighted by Gasteiger charge is -2.12. The number of aryl methyl sites for hydroxylation is 3. The summed E-state index contributed by atoms with van der Waals surface area (Å²) in [5.41, 5.74) is 4.87. The molecule has 0 fully saturated rings. The summed E-state index contributed by atoms with van der Waals surface area (Å²) in [6, 6.07) is -0.101. The highest BCUT2D eigenvalue weighted by molar-refractivity contribution is 7.11. The van der Waals surface area contributed by atoms with E-state index in [4.69, 9.17) is 5.84 Å². The first-order chi connectivity index (χ1) is 8.60. The van der Waals surface area contributed by atoms with Gasteiger partial charge in [0.25, 0.3) is 0 Å². The van der Waals surface area contributed by atoms with Gasteiger partial charge in [-0.3, -0.25) is 5.84 Å². The summed E-state index contributed by atoms with van der Waals surface area (Å²) in [5, 5.41) is 1.05. The van der Waals surface area contributed by atoms with Crippen LogP contribution in [0.1, 0.15) is 33.0 Å². The number of hydrazine groups is 1. The van der Waals surface area contributed by atoms with Gasteiger partial charge in [0.2, 0.25) is 0 Å². The third-order valence-corrected chi connectivity index (χ3v) is 3.86. The molecular weight excluding hydrogens is 246 g/mol. The largest absolute Gasteiger partial charge is 0.271 e. The van der Waals surface area contributed by atoms with Crippen LogP contribution in [0.15, 0.2) is 12.4 Å². The summed E-state index contributed by atoms with van der Waals surface area (Å²) in [6.07, 6.45) is 4.30. The molecule has 1 unspecified atom stereocenters. The van der Waals surface area contributed by atoms with Crippen LogP contribution in [0.5, 0.6) is 0 Å². The van der Waals surface area contributed by atoms with Crippen molar-refractivity contribution in [3.63, 3.8) is 0 Å². The molecule has 0 amide bonds. The number of aromatic nitrogens is 3. The summed E-state index contributed by atoms with van der Waals surface area (Å²) in [6.45, 7) is 6.05. The smallest absolute Gasteiger partial charge is 0.146 e. The number of hydrogen-bond donors (Lipinski definition) is 2. The van der Waals surface area contributed by atoms with Crippen molar-refractivity contribution in [1.82, 2.24) is 20.4 Å². The van der Waals surface area contributed by atoms with Crippen molar-refractivity contribution in [2.24, 2.45) is 5.84 Å².